The number of anilines is 1. The van der Waals surface area contributed by atoms with Crippen molar-refractivity contribution >= 4 is 17.2 Å². The minimum atomic E-state index is -0.427. The molecule has 25 heavy (non-hydrogen) atoms. The lowest BCUT2D eigenvalue weighted by atomic mass is 9.96. The quantitative estimate of drug-likeness (QED) is 0.812. The largest absolute Gasteiger partial charge is 0.388 e. The van der Waals surface area contributed by atoms with Crippen molar-refractivity contribution in [2.45, 2.75) is 26.2 Å². The molecular weight excluding hydrogens is 322 g/mol. The number of allylic oxidation sites excluding steroid dienone is 1. The van der Waals surface area contributed by atoms with Crippen LogP contribution < -0.4 is 10.6 Å². The van der Waals surface area contributed by atoms with Gasteiger partial charge in [-0.25, -0.2) is 8.78 Å². The van der Waals surface area contributed by atoms with Gasteiger partial charge in [-0.05, 0) is 62.1 Å². The normalized spacial score (nSPS) is 16.1. The molecule has 2 N–H and O–H groups in total. The molecule has 5 heteroatoms. The fraction of sp³-hybridized carbons (Fsp3) is 0.250. The number of hydrogen-bond donors (Lipinski definition) is 2. The van der Waals surface area contributed by atoms with Gasteiger partial charge in [0.2, 0.25) is 0 Å². The molecule has 0 aliphatic carbocycles. The van der Waals surface area contributed by atoms with Crippen molar-refractivity contribution in [2.24, 2.45) is 0 Å². The fourth-order valence-corrected chi connectivity index (χ4v) is 2.94. The number of halogens is 2. The molecule has 1 aliphatic rings. The number of carbonyl (C=O) groups excluding carboxylic acids is 1. The molecule has 0 aromatic heterocycles. The molecule has 1 fully saturated rings. The van der Waals surface area contributed by atoms with E-state index in [4.69, 9.17) is 0 Å². The summed E-state index contributed by atoms with van der Waals surface area (Å²) in [6, 6.07) is 10.3. The second-order valence-corrected chi connectivity index (χ2v) is 6.18. The number of carbonyl (C=O) groups is 1. The number of amides is 1. The number of nitrogens with one attached hydrogen (secondary N) is 2. The first-order valence-corrected chi connectivity index (χ1v) is 8.35. The monoisotopic (exact) mass is 342 g/mol. The summed E-state index contributed by atoms with van der Waals surface area (Å²) >= 11 is 0. The summed E-state index contributed by atoms with van der Waals surface area (Å²) in [5, 5.41) is 5.96. The van der Waals surface area contributed by atoms with Crippen molar-refractivity contribution < 1.29 is 13.6 Å². The molecule has 130 valence electrons. The third-order valence-electron chi connectivity index (χ3n) is 4.22. The highest BCUT2D eigenvalue weighted by atomic mass is 19.1. The number of benzene rings is 2. The van der Waals surface area contributed by atoms with Crippen LogP contribution in [-0.2, 0) is 4.79 Å². The highest BCUT2D eigenvalue weighted by molar-refractivity contribution is 6.26. The predicted octanol–water partition coefficient (Wildman–Crippen LogP) is 4.40. The molecule has 1 saturated heterocycles. The zero-order valence-corrected chi connectivity index (χ0v) is 14.0. The van der Waals surface area contributed by atoms with Gasteiger partial charge in [-0.3, -0.25) is 4.79 Å². The Morgan fingerprint density at radius 1 is 1.08 bits per heavy atom. The first kappa shape index (κ1) is 17.1. The number of rotatable bonds is 3. The Kier molecular flexibility index (Phi) is 5.12. The van der Waals surface area contributed by atoms with Crippen molar-refractivity contribution in [3.8, 4) is 0 Å². The molecule has 0 saturated carbocycles. The molecule has 3 nitrogen and oxygen atoms in total. The van der Waals surface area contributed by atoms with Crippen LogP contribution in [0.3, 0.4) is 0 Å². The Hall–Kier alpha value is -2.69. The smallest absolute Gasteiger partial charge is 0.258 e. The van der Waals surface area contributed by atoms with E-state index in [0.29, 0.717) is 17.7 Å². The van der Waals surface area contributed by atoms with E-state index in [2.05, 4.69) is 10.6 Å². The zero-order chi connectivity index (χ0) is 17.8. The van der Waals surface area contributed by atoms with Gasteiger partial charge in [-0.2, -0.15) is 0 Å². The number of hydrogen-bond acceptors (Lipinski definition) is 2. The Bertz CT molecular complexity index is 805. The Morgan fingerprint density at radius 3 is 2.48 bits per heavy atom. The fourth-order valence-electron chi connectivity index (χ4n) is 2.94. The first-order chi connectivity index (χ1) is 12.0. The van der Waals surface area contributed by atoms with E-state index in [1.54, 1.807) is 19.1 Å². The molecule has 0 radical (unpaired) electrons. The van der Waals surface area contributed by atoms with Gasteiger partial charge in [-0.15, -0.1) is 0 Å². The summed E-state index contributed by atoms with van der Waals surface area (Å²) in [6.07, 6.45) is 2.66. The molecule has 0 bridgehead atoms. The number of aryl methyl sites for hydroxylation is 1. The summed E-state index contributed by atoms with van der Waals surface area (Å²) in [4.78, 5) is 12.9. The van der Waals surface area contributed by atoms with Crippen LogP contribution in [0, 0.1) is 18.6 Å². The van der Waals surface area contributed by atoms with Crippen molar-refractivity contribution in [1.29, 1.82) is 0 Å². The molecule has 0 atom stereocenters. The topological polar surface area (TPSA) is 41.1 Å². The Labute approximate surface area is 145 Å². The van der Waals surface area contributed by atoms with Crippen LogP contribution in [0.1, 0.15) is 30.4 Å². The average Bonchev–Trinajstić information content (AvgIpc) is 2.60. The first-order valence-electron chi connectivity index (χ1n) is 8.35. The van der Waals surface area contributed by atoms with Gasteiger partial charge in [0.25, 0.3) is 5.91 Å². The molecular formula is C20H20F2N2O. The van der Waals surface area contributed by atoms with E-state index in [0.717, 1.165) is 30.6 Å². The van der Waals surface area contributed by atoms with Gasteiger partial charge in [0.15, 0.2) is 0 Å². The van der Waals surface area contributed by atoms with Crippen molar-refractivity contribution in [1.82, 2.24) is 5.32 Å². The summed E-state index contributed by atoms with van der Waals surface area (Å²) in [6.45, 7) is 2.56. The van der Waals surface area contributed by atoms with E-state index in [9.17, 15) is 13.6 Å². The van der Waals surface area contributed by atoms with E-state index < -0.39 is 11.7 Å². The minimum Gasteiger partial charge on any atom is -0.388 e. The Morgan fingerprint density at radius 2 is 1.84 bits per heavy atom. The van der Waals surface area contributed by atoms with E-state index in [-0.39, 0.29) is 11.4 Å². The van der Waals surface area contributed by atoms with Crippen LogP contribution in [0.5, 0.6) is 0 Å². The lowest BCUT2D eigenvalue weighted by molar-refractivity contribution is -0.111. The Balaban J connectivity index is 1.98. The third kappa shape index (κ3) is 4.05. The average molecular weight is 342 g/mol. The molecule has 0 unspecified atom stereocenters. The molecule has 1 heterocycles. The van der Waals surface area contributed by atoms with E-state index in [1.807, 2.05) is 0 Å². The van der Waals surface area contributed by atoms with Gasteiger partial charge in [0, 0.05) is 23.5 Å². The van der Waals surface area contributed by atoms with Crippen LogP contribution in [0.4, 0.5) is 14.5 Å². The van der Waals surface area contributed by atoms with Gasteiger partial charge < -0.3 is 10.6 Å². The SMILES string of the molecule is Cc1ccc(/C(C(=O)Nc2ccc(F)cc2)=C2\CCCCN2)c(F)c1. The molecule has 1 aliphatic heterocycles. The third-order valence-corrected chi connectivity index (χ3v) is 4.22. The maximum Gasteiger partial charge on any atom is 0.258 e. The predicted molar refractivity (Wildman–Crippen MR) is 94.9 cm³/mol. The molecule has 2 aromatic rings. The molecule has 2 aromatic carbocycles. The second-order valence-electron chi connectivity index (χ2n) is 6.18. The molecule has 3 rings (SSSR count). The molecule has 1 amide bonds. The minimum absolute atomic E-state index is 0.273. The molecule has 0 spiro atoms. The highest BCUT2D eigenvalue weighted by Crippen LogP contribution is 2.27. The standard InChI is InChI=1S/C20H20F2N2O/c1-13-5-10-16(17(22)12-13)19(18-4-2-3-11-23-18)20(25)24-15-8-6-14(21)7-9-15/h5-10,12,23H,2-4,11H2,1H3,(H,24,25)/b19-18-. The van der Waals surface area contributed by atoms with Gasteiger partial charge in [0.05, 0.1) is 5.57 Å². The summed E-state index contributed by atoms with van der Waals surface area (Å²) < 4.78 is 27.6. The van der Waals surface area contributed by atoms with Crippen molar-refractivity contribution in [3.05, 3.63) is 70.9 Å². The van der Waals surface area contributed by atoms with Crippen LogP contribution in [-0.4, -0.2) is 12.5 Å². The van der Waals surface area contributed by atoms with E-state index >= 15 is 0 Å². The lowest BCUT2D eigenvalue weighted by Crippen LogP contribution is -2.26. The lowest BCUT2D eigenvalue weighted by Gasteiger charge is -2.22. The summed E-state index contributed by atoms with van der Waals surface area (Å²) in [5.41, 5.74) is 2.58. The summed E-state index contributed by atoms with van der Waals surface area (Å²) in [5.74, 6) is -1.21. The van der Waals surface area contributed by atoms with Crippen LogP contribution in [0.2, 0.25) is 0 Å². The second kappa shape index (κ2) is 7.47. The zero-order valence-electron chi connectivity index (χ0n) is 14.0. The maximum absolute atomic E-state index is 14.5. The highest BCUT2D eigenvalue weighted by Gasteiger charge is 2.22. The van der Waals surface area contributed by atoms with Crippen LogP contribution in [0.25, 0.3) is 5.57 Å². The van der Waals surface area contributed by atoms with Crippen molar-refractivity contribution in [3.63, 3.8) is 0 Å². The summed E-state index contributed by atoms with van der Waals surface area (Å²) in [7, 11) is 0. The van der Waals surface area contributed by atoms with Gasteiger partial charge in [-0.1, -0.05) is 12.1 Å². The number of piperidine rings is 1. The van der Waals surface area contributed by atoms with Gasteiger partial charge >= 0.3 is 0 Å². The van der Waals surface area contributed by atoms with Crippen LogP contribution in [0.15, 0.2) is 48.2 Å². The van der Waals surface area contributed by atoms with Crippen molar-refractivity contribution in [2.75, 3.05) is 11.9 Å². The maximum atomic E-state index is 14.5. The van der Waals surface area contributed by atoms with E-state index in [1.165, 1.54) is 30.3 Å². The van der Waals surface area contributed by atoms with Crippen LogP contribution >= 0.6 is 0 Å². The van der Waals surface area contributed by atoms with Gasteiger partial charge in [0.1, 0.15) is 11.6 Å².